The monoisotopic (exact) mass is 419 g/mol. The summed E-state index contributed by atoms with van der Waals surface area (Å²) in [5.74, 6) is -0.350. The van der Waals surface area contributed by atoms with E-state index in [2.05, 4.69) is 5.32 Å². The predicted molar refractivity (Wildman–Crippen MR) is 113 cm³/mol. The van der Waals surface area contributed by atoms with E-state index in [4.69, 9.17) is 25.8 Å². The zero-order valence-corrected chi connectivity index (χ0v) is 17.9. The Morgan fingerprint density at radius 3 is 2.55 bits per heavy atom. The summed E-state index contributed by atoms with van der Waals surface area (Å²) in [5.41, 5.74) is 2.89. The number of benzene rings is 2. The van der Waals surface area contributed by atoms with Crippen LogP contribution in [0.4, 0.5) is 5.69 Å². The number of halogens is 1. The minimum atomic E-state index is -0.675. The molecule has 0 saturated heterocycles. The highest BCUT2D eigenvalue weighted by Gasteiger charge is 2.18. The van der Waals surface area contributed by atoms with Crippen molar-refractivity contribution in [1.29, 1.82) is 0 Å². The first-order valence-corrected chi connectivity index (χ1v) is 9.87. The molecule has 2 aromatic rings. The van der Waals surface area contributed by atoms with Gasteiger partial charge in [-0.2, -0.15) is 0 Å². The third kappa shape index (κ3) is 6.12. The molecule has 0 fully saturated rings. The number of anilines is 1. The van der Waals surface area contributed by atoms with E-state index in [9.17, 15) is 9.59 Å². The lowest BCUT2D eigenvalue weighted by atomic mass is 10.1. The molecule has 0 aromatic heterocycles. The number of carbonyl (C=O) groups excluding carboxylic acids is 2. The standard InChI is InChI=1S/C22H26ClNO5/c1-5-10-28-21-17(23)11-16(12-19(21)27-6-2)22(26)29-13-20(25)24-18-9-7-8-14(3)15(18)4/h7-9,11-12H,5-6,10,13H2,1-4H3,(H,24,25). The van der Waals surface area contributed by atoms with Crippen LogP contribution < -0.4 is 14.8 Å². The lowest BCUT2D eigenvalue weighted by Crippen LogP contribution is -2.21. The van der Waals surface area contributed by atoms with E-state index >= 15 is 0 Å². The van der Waals surface area contributed by atoms with Crippen LogP contribution in [0.3, 0.4) is 0 Å². The van der Waals surface area contributed by atoms with Gasteiger partial charge in [-0.3, -0.25) is 4.79 Å². The van der Waals surface area contributed by atoms with Gasteiger partial charge in [-0.05, 0) is 56.5 Å². The minimum absolute atomic E-state index is 0.182. The maximum Gasteiger partial charge on any atom is 0.338 e. The number of esters is 1. The van der Waals surface area contributed by atoms with Gasteiger partial charge in [0.1, 0.15) is 0 Å². The van der Waals surface area contributed by atoms with E-state index in [1.165, 1.54) is 12.1 Å². The van der Waals surface area contributed by atoms with Crippen LogP contribution >= 0.6 is 11.6 Å². The average molecular weight is 420 g/mol. The summed E-state index contributed by atoms with van der Waals surface area (Å²) in [5, 5.41) is 2.99. The fraction of sp³-hybridized carbons (Fsp3) is 0.364. The molecule has 0 aliphatic carbocycles. The van der Waals surface area contributed by atoms with Crippen molar-refractivity contribution in [3.05, 3.63) is 52.0 Å². The lowest BCUT2D eigenvalue weighted by molar-refractivity contribution is -0.119. The minimum Gasteiger partial charge on any atom is -0.490 e. The summed E-state index contributed by atoms with van der Waals surface area (Å²) < 4.78 is 16.3. The van der Waals surface area contributed by atoms with Gasteiger partial charge in [-0.15, -0.1) is 0 Å². The third-order valence-electron chi connectivity index (χ3n) is 4.21. The van der Waals surface area contributed by atoms with Crippen LogP contribution in [0.1, 0.15) is 41.8 Å². The van der Waals surface area contributed by atoms with Gasteiger partial charge in [0.05, 0.1) is 23.8 Å². The molecule has 0 saturated carbocycles. The summed E-state index contributed by atoms with van der Waals surface area (Å²) in [6, 6.07) is 8.55. The Morgan fingerprint density at radius 1 is 1.10 bits per heavy atom. The Balaban J connectivity index is 2.06. The number of hydrogen-bond acceptors (Lipinski definition) is 5. The van der Waals surface area contributed by atoms with Crippen LogP contribution in [0.15, 0.2) is 30.3 Å². The fourth-order valence-electron chi connectivity index (χ4n) is 2.58. The van der Waals surface area contributed by atoms with Crippen molar-refractivity contribution in [1.82, 2.24) is 0 Å². The SMILES string of the molecule is CCCOc1c(Cl)cc(C(=O)OCC(=O)Nc2cccc(C)c2C)cc1OCC. The van der Waals surface area contributed by atoms with Crippen molar-refractivity contribution in [2.75, 3.05) is 25.1 Å². The molecule has 0 atom stereocenters. The van der Waals surface area contributed by atoms with Crippen LogP contribution in [0.25, 0.3) is 0 Å². The Labute approximate surface area is 176 Å². The molecule has 0 spiro atoms. The largest absolute Gasteiger partial charge is 0.490 e. The van der Waals surface area contributed by atoms with Crippen LogP contribution in [-0.2, 0) is 9.53 Å². The first-order valence-electron chi connectivity index (χ1n) is 9.49. The maximum absolute atomic E-state index is 12.4. The number of rotatable bonds is 9. The van der Waals surface area contributed by atoms with Crippen molar-refractivity contribution in [2.45, 2.75) is 34.1 Å². The van der Waals surface area contributed by atoms with Gasteiger partial charge >= 0.3 is 5.97 Å². The summed E-state index contributed by atoms with van der Waals surface area (Å²) in [7, 11) is 0. The number of ether oxygens (including phenoxy) is 3. The smallest absolute Gasteiger partial charge is 0.338 e. The van der Waals surface area contributed by atoms with Crippen molar-refractivity contribution < 1.29 is 23.8 Å². The molecule has 0 radical (unpaired) electrons. The van der Waals surface area contributed by atoms with Gasteiger partial charge < -0.3 is 19.5 Å². The molecule has 2 rings (SSSR count). The molecular weight excluding hydrogens is 394 g/mol. The van der Waals surface area contributed by atoms with Crippen LogP contribution in [-0.4, -0.2) is 31.7 Å². The van der Waals surface area contributed by atoms with Gasteiger partial charge in [0.25, 0.3) is 5.91 Å². The number of nitrogens with one attached hydrogen (secondary N) is 1. The quantitative estimate of drug-likeness (QED) is 0.583. The van der Waals surface area contributed by atoms with Crippen molar-refractivity contribution in [3.8, 4) is 11.5 Å². The molecule has 0 unspecified atom stereocenters. The molecule has 156 valence electrons. The van der Waals surface area contributed by atoms with Gasteiger partial charge in [-0.1, -0.05) is 30.7 Å². The normalized spacial score (nSPS) is 10.4. The molecule has 2 aromatic carbocycles. The second kappa shape index (κ2) is 10.7. The van der Waals surface area contributed by atoms with E-state index in [1.54, 1.807) is 6.07 Å². The molecule has 0 heterocycles. The lowest BCUT2D eigenvalue weighted by Gasteiger charge is -2.15. The number of aryl methyl sites for hydroxylation is 1. The average Bonchev–Trinajstić information content (AvgIpc) is 2.69. The Kier molecular flexibility index (Phi) is 8.34. The molecule has 29 heavy (non-hydrogen) atoms. The van der Waals surface area contributed by atoms with Gasteiger partial charge in [0.2, 0.25) is 0 Å². The van der Waals surface area contributed by atoms with E-state index in [0.29, 0.717) is 30.4 Å². The highest BCUT2D eigenvalue weighted by Crippen LogP contribution is 2.37. The van der Waals surface area contributed by atoms with E-state index in [1.807, 2.05) is 39.8 Å². The van der Waals surface area contributed by atoms with Crippen LogP contribution in [0, 0.1) is 13.8 Å². The topological polar surface area (TPSA) is 73.9 Å². The van der Waals surface area contributed by atoms with Gasteiger partial charge in [-0.25, -0.2) is 4.79 Å². The van der Waals surface area contributed by atoms with Crippen LogP contribution in [0.5, 0.6) is 11.5 Å². The molecule has 0 bridgehead atoms. The molecule has 1 N–H and O–H groups in total. The number of hydrogen-bond donors (Lipinski definition) is 1. The summed E-state index contributed by atoms with van der Waals surface area (Å²) in [6.45, 7) is 8.11. The number of carbonyl (C=O) groups is 2. The second-order valence-electron chi connectivity index (χ2n) is 6.44. The van der Waals surface area contributed by atoms with E-state index in [-0.39, 0.29) is 10.6 Å². The zero-order valence-electron chi connectivity index (χ0n) is 17.1. The Morgan fingerprint density at radius 2 is 1.86 bits per heavy atom. The third-order valence-corrected chi connectivity index (χ3v) is 4.49. The van der Waals surface area contributed by atoms with Crippen molar-refractivity contribution in [3.63, 3.8) is 0 Å². The molecule has 0 aliphatic heterocycles. The predicted octanol–water partition coefficient (Wildman–Crippen LogP) is 4.94. The molecule has 1 amide bonds. The van der Waals surface area contributed by atoms with Gasteiger partial charge in [0.15, 0.2) is 18.1 Å². The zero-order chi connectivity index (χ0) is 21.4. The second-order valence-corrected chi connectivity index (χ2v) is 6.85. The summed E-state index contributed by atoms with van der Waals surface area (Å²) in [4.78, 5) is 24.6. The Bertz CT molecular complexity index is 882. The fourth-order valence-corrected chi connectivity index (χ4v) is 2.85. The van der Waals surface area contributed by atoms with E-state index in [0.717, 1.165) is 17.5 Å². The summed E-state index contributed by atoms with van der Waals surface area (Å²) >= 11 is 6.26. The van der Waals surface area contributed by atoms with E-state index < -0.39 is 18.5 Å². The summed E-state index contributed by atoms with van der Waals surface area (Å²) in [6.07, 6.45) is 0.807. The first-order chi connectivity index (χ1) is 13.9. The van der Waals surface area contributed by atoms with Crippen molar-refractivity contribution >= 4 is 29.2 Å². The first kappa shape index (κ1) is 22.6. The number of amides is 1. The Hall–Kier alpha value is -2.73. The molecular formula is C22H26ClNO5. The maximum atomic E-state index is 12.4. The van der Waals surface area contributed by atoms with Crippen molar-refractivity contribution in [2.24, 2.45) is 0 Å². The molecule has 6 nitrogen and oxygen atoms in total. The molecule has 7 heteroatoms. The molecule has 0 aliphatic rings. The van der Waals surface area contributed by atoms with Gasteiger partial charge in [0, 0.05) is 5.69 Å². The highest BCUT2D eigenvalue weighted by molar-refractivity contribution is 6.32. The highest BCUT2D eigenvalue weighted by atomic mass is 35.5. The van der Waals surface area contributed by atoms with Crippen LogP contribution in [0.2, 0.25) is 5.02 Å².